The van der Waals surface area contributed by atoms with Crippen LogP contribution in [0, 0.1) is 0 Å². The second kappa shape index (κ2) is 7.89. The van der Waals surface area contributed by atoms with Crippen LogP contribution >= 0.6 is 0 Å². The Morgan fingerprint density at radius 3 is 2.00 bits per heavy atom. The fourth-order valence-corrected chi connectivity index (χ4v) is 4.72. The molecule has 0 amide bonds. The van der Waals surface area contributed by atoms with Crippen molar-refractivity contribution in [3.8, 4) is 11.5 Å². The first-order valence-electron chi connectivity index (χ1n) is 10.4. The van der Waals surface area contributed by atoms with Crippen LogP contribution in [0.1, 0.15) is 47.9 Å². The summed E-state index contributed by atoms with van der Waals surface area (Å²) in [5, 5.41) is 21.6. The highest BCUT2D eigenvalue weighted by Crippen LogP contribution is 2.44. The van der Waals surface area contributed by atoms with Crippen molar-refractivity contribution in [3.05, 3.63) is 58.7 Å². The molecule has 2 aliphatic rings. The number of ether oxygens (including phenoxy) is 3. The summed E-state index contributed by atoms with van der Waals surface area (Å²) in [6.07, 6.45) is 2.77. The van der Waals surface area contributed by atoms with Gasteiger partial charge in [0.05, 0.1) is 14.2 Å². The molecule has 0 saturated heterocycles. The van der Waals surface area contributed by atoms with Crippen molar-refractivity contribution in [2.75, 3.05) is 14.2 Å². The van der Waals surface area contributed by atoms with Gasteiger partial charge in [0.15, 0.2) is 5.60 Å². The van der Waals surface area contributed by atoms with Gasteiger partial charge in [-0.2, -0.15) is 0 Å². The van der Waals surface area contributed by atoms with Crippen molar-refractivity contribution in [1.82, 2.24) is 0 Å². The molecule has 2 aliphatic carbocycles. The number of hydrogen-bond acceptors (Lipinski definition) is 6. The molecule has 0 saturated carbocycles. The monoisotopic (exact) mass is 426 g/mol. The number of carbonyl (C=O) groups excluding carboxylic acids is 1. The molecule has 0 spiro atoms. The van der Waals surface area contributed by atoms with Gasteiger partial charge in [0, 0.05) is 17.5 Å². The van der Waals surface area contributed by atoms with E-state index in [1.807, 2.05) is 6.07 Å². The fraction of sp³-hybridized carbons (Fsp3) is 0.417. The Balaban J connectivity index is 1.77. The molecule has 0 fully saturated rings. The van der Waals surface area contributed by atoms with Crippen LogP contribution in [-0.4, -0.2) is 36.4 Å². The number of carboxylic acids is 1. The number of aliphatic hydroxyl groups is 1. The predicted octanol–water partition coefficient (Wildman–Crippen LogP) is 3.09. The SMILES string of the molecule is COc1ccc2c(c1)C(O)(C(=O)OC1(C(=O)O)CCCc3ccc(OC)cc31)CCC2. The number of aryl methyl sites for hydroxylation is 2. The van der Waals surface area contributed by atoms with E-state index in [4.69, 9.17) is 14.2 Å². The molecule has 0 bridgehead atoms. The molecule has 164 valence electrons. The molecular weight excluding hydrogens is 400 g/mol. The van der Waals surface area contributed by atoms with Crippen molar-refractivity contribution in [2.24, 2.45) is 0 Å². The maximum Gasteiger partial charge on any atom is 0.352 e. The summed E-state index contributed by atoms with van der Waals surface area (Å²) in [5.41, 5.74) is -1.41. The van der Waals surface area contributed by atoms with E-state index in [-0.39, 0.29) is 12.8 Å². The van der Waals surface area contributed by atoms with Crippen LogP contribution in [0.25, 0.3) is 0 Å². The Morgan fingerprint density at radius 1 is 0.871 bits per heavy atom. The highest BCUT2D eigenvalue weighted by molar-refractivity contribution is 5.88. The Kier molecular flexibility index (Phi) is 5.39. The van der Waals surface area contributed by atoms with Crippen molar-refractivity contribution in [2.45, 2.75) is 49.7 Å². The smallest absolute Gasteiger partial charge is 0.352 e. The first-order chi connectivity index (χ1) is 14.8. The van der Waals surface area contributed by atoms with Gasteiger partial charge in [0.25, 0.3) is 0 Å². The van der Waals surface area contributed by atoms with Crippen LogP contribution in [0.4, 0.5) is 0 Å². The van der Waals surface area contributed by atoms with Gasteiger partial charge in [0.2, 0.25) is 5.60 Å². The minimum Gasteiger partial charge on any atom is -0.497 e. The average molecular weight is 426 g/mol. The molecule has 7 heteroatoms. The third-order valence-electron chi connectivity index (χ3n) is 6.42. The quantitative estimate of drug-likeness (QED) is 0.709. The topological polar surface area (TPSA) is 102 Å². The molecule has 2 atom stereocenters. The number of esters is 1. The van der Waals surface area contributed by atoms with Crippen LogP contribution < -0.4 is 9.47 Å². The predicted molar refractivity (Wildman–Crippen MR) is 111 cm³/mol. The van der Waals surface area contributed by atoms with Crippen molar-refractivity contribution >= 4 is 11.9 Å². The summed E-state index contributed by atoms with van der Waals surface area (Å²) >= 11 is 0. The van der Waals surface area contributed by atoms with Gasteiger partial charge in [-0.25, -0.2) is 9.59 Å². The number of hydrogen-bond donors (Lipinski definition) is 2. The van der Waals surface area contributed by atoms with Crippen LogP contribution in [0.2, 0.25) is 0 Å². The summed E-state index contributed by atoms with van der Waals surface area (Å²) in [6, 6.07) is 10.4. The van der Waals surface area contributed by atoms with E-state index < -0.39 is 23.1 Å². The summed E-state index contributed by atoms with van der Waals surface area (Å²) < 4.78 is 16.3. The number of methoxy groups -OCH3 is 2. The molecule has 2 N–H and O–H groups in total. The standard InChI is InChI=1S/C24H26O7/c1-29-17-9-7-15-5-3-11-23(28,19(15)13-17)22(27)31-24(21(25)26)12-4-6-16-8-10-18(30-2)14-20(16)24/h7-10,13-14,28H,3-6,11-12H2,1-2H3,(H,25,26). The number of fused-ring (bicyclic) bond motifs is 2. The van der Waals surface area contributed by atoms with Gasteiger partial charge in [0.1, 0.15) is 11.5 Å². The Hall–Kier alpha value is -3.06. The molecule has 2 aromatic rings. The van der Waals surface area contributed by atoms with Crippen LogP contribution in [0.3, 0.4) is 0 Å². The minimum absolute atomic E-state index is 0.120. The first kappa shape index (κ1) is 21.2. The first-order valence-corrected chi connectivity index (χ1v) is 10.4. The number of carboxylic acid groups (broad SMARTS) is 1. The molecule has 0 radical (unpaired) electrons. The lowest BCUT2D eigenvalue weighted by Gasteiger charge is -2.39. The van der Waals surface area contributed by atoms with E-state index >= 15 is 0 Å². The van der Waals surface area contributed by atoms with Gasteiger partial charge in [-0.3, -0.25) is 0 Å². The van der Waals surface area contributed by atoms with Gasteiger partial charge < -0.3 is 24.4 Å². The lowest BCUT2D eigenvalue weighted by atomic mass is 9.77. The lowest BCUT2D eigenvalue weighted by molar-refractivity contribution is -0.198. The van der Waals surface area contributed by atoms with Gasteiger partial charge >= 0.3 is 11.9 Å². The third kappa shape index (κ3) is 3.43. The normalized spacial score (nSPS) is 24.5. The summed E-state index contributed by atoms with van der Waals surface area (Å²) in [7, 11) is 3.00. The Labute approximate surface area is 180 Å². The highest BCUT2D eigenvalue weighted by atomic mass is 16.6. The fourth-order valence-electron chi connectivity index (χ4n) is 4.72. The second-order valence-corrected chi connectivity index (χ2v) is 8.14. The molecule has 0 aliphatic heterocycles. The molecule has 2 unspecified atom stereocenters. The molecule has 0 aromatic heterocycles. The van der Waals surface area contributed by atoms with Crippen molar-refractivity contribution < 1.29 is 34.0 Å². The number of benzene rings is 2. The zero-order valence-corrected chi connectivity index (χ0v) is 17.6. The van der Waals surface area contributed by atoms with Gasteiger partial charge in [-0.05, 0) is 67.5 Å². The van der Waals surface area contributed by atoms with E-state index in [9.17, 15) is 19.8 Å². The summed E-state index contributed by atoms with van der Waals surface area (Å²) in [5.74, 6) is -1.23. The molecule has 7 nitrogen and oxygen atoms in total. The second-order valence-electron chi connectivity index (χ2n) is 8.14. The minimum atomic E-state index is -1.94. The number of aliphatic carboxylic acids is 1. The highest BCUT2D eigenvalue weighted by Gasteiger charge is 2.52. The molecular formula is C24H26O7. The third-order valence-corrected chi connectivity index (χ3v) is 6.42. The average Bonchev–Trinajstić information content (AvgIpc) is 2.78. The number of carbonyl (C=O) groups is 2. The summed E-state index contributed by atoms with van der Waals surface area (Å²) in [4.78, 5) is 25.9. The van der Waals surface area contributed by atoms with Crippen molar-refractivity contribution in [3.63, 3.8) is 0 Å². The van der Waals surface area contributed by atoms with E-state index in [1.54, 1.807) is 30.3 Å². The van der Waals surface area contributed by atoms with Gasteiger partial charge in [-0.1, -0.05) is 12.1 Å². The maximum absolute atomic E-state index is 13.4. The van der Waals surface area contributed by atoms with Crippen LogP contribution in [-0.2, 0) is 38.4 Å². The Bertz CT molecular complexity index is 1030. The van der Waals surface area contributed by atoms with E-state index in [1.165, 1.54) is 14.2 Å². The number of rotatable bonds is 5. The Morgan fingerprint density at radius 2 is 1.42 bits per heavy atom. The van der Waals surface area contributed by atoms with E-state index in [2.05, 4.69) is 0 Å². The zero-order valence-electron chi connectivity index (χ0n) is 17.6. The van der Waals surface area contributed by atoms with E-state index in [0.29, 0.717) is 48.3 Å². The molecule has 31 heavy (non-hydrogen) atoms. The van der Waals surface area contributed by atoms with Crippen molar-refractivity contribution in [1.29, 1.82) is 0 Å². The summed E-state index contributed by atoms with van der Waals surface area (Å²) in [6.45, 7) is 0. The molecule has 0 heterocycles. The maximum atomic E-state index is 13.4. The zero-order chi connectivity index (χ0) is 22.2. The molecule has 4 rings (SSSR count). The van der Waals surface area contributed by atoms with Crippen LogP contribution in [0.5, 0.6) is 11.5 Å². The van der Waals surface area contributed by atoms with Gasteiger partial charge in [-0.15, -0.1) is 0 Å². The van der Waals surface area contributed by atoms with Crippen LogP contribution in [0.15, 0.2) is 36.4 Å². The largest absolute Gasteiger partial charge is 0.497 e. The van der Waals surface area contributed by atoms with E-state index in [0.717, 1.165) is 11.1 Å². The lowest BCUT2D eigenvalue weighted by Crippen LogP contribution is -2.49. The molecule has 2 aromatic carbocycles.